The van der Waals surface area contributed by atoms with Gasteiger partial charge in [-0.3, -0.25) is 0 Å². The van der Waals surface area contributed by atoms with Gasteiger partial charge in [-0.05, 0) is 31.1 Å². The molecule has 1 rings (SSSR count). The Labute approximate surface area is 89.2 Å². The summed E-state index contributed by atoms with van der Waals surface area (Å²) in [6.45, 7) is 14.7. The van der Waals surface area contributed by atoms with E-state index in [0.717, 1.165) is 12.0 Å². The molecule has 2 unspecified atom stereocenters. The molecule has 0 N–H and O–H groups in total. The molecule has 0 amide bonds. The first kappa shape index (κ1) is 11.6. The topological polar surface area (TPSA) is 3.24 Å². The summed E-state index contributed by atoms with van der Waals surface area (Å²) < 4.78 is 0. The van der Waals surface area contributed by atoms with Crippen molar-refractivity contribution < 1.29 is 0 Å². The maximum absolute atomic E-state index is 4.22. The molecule has 2 atom stereocenters. The Morgan fingerprint density at radius 3 is 2.50 bits per heavy atom. The van der Waals surface area contributed by atoms with Crippen molar-refractivity contribution in [2.75, 3.05) is 6.54 Å². The van der Waals surface area contributed by atoms with Gasteiger partial charge in [-0.2, -0.15) is 0 Å². The van der Waals surface area contributed by atoms with Crippen LogP contribution >= 0.6 is 0 Å². The van der Waals surface area contributed by atoms with E-state index in [9.17, 15) is 0 Å². The van der Waals surface area contributed by atoms with Crippen molar-refractivity contribution >= 4 is 0 Å². The molecule has 0 saturated carbocycles. The van der Waals surface area contributed by atoms with Gasteiger partial charge in [0.05, 0.1) is 0 Å². The van der Waals surface area contributed by atoms with Gasteiger partial charge in [0.2, 0.25) is 0 Å². The molecule has 1 aliphatic rings. The molecule has 82 valence electrons. The third-order valence-electron chi connectivity index (χ3n) is 3.40. The molecular weight excluding hydrogens is 170 g/mol. The molecule has 1 nitrogen and oxygen atoms in total. The molecule has 0 aliphatic carbocycles. The van der Waals surface area contributed by atoms with Gasteiger partial charge in [0.25, 0.3) is 0 Å². The molecule has 0 radical (unpaired) electrons. The SMILES string of the molecule is C=C1C(C)CCN1C(CC)CC(C)C. The third-order valence-corrected chi connectivity index (χ3v) is 3.40. The summed E-state index contributed by atoms with van der Waals surface area (Å²) in [6.07, 6.45) is 3.86. The molecule has 0 spiro atoms. The second-order valence-corrected chi connectivity index (χ2v) is 5.07. The van der Waals surface area contributed by atoms with Crippen LogP contribution in [0.5, 0.6) is 0 Å². The van der Waals surface area contributed by atoms with E-state index < -0.39 is 0 Å². The Kier molecular flexibility index (Phi) is 4.03. The fraction of sp³-hybridized carbons (Fsp3) is 0.846. The maximum Gasteiger partial charge on any atom is 0.0286 e. The van der Waals surface area contributed by atoms with Crippen LogP contribution in [0.4, 0.5) is 0 Å². The first-order chi connectivity index (χ1) is 6.56. The Bertz CT molecular complexity index is 195. The monoisotopic (exact) mass is 195 g/mol. The lowest BCUT2D eigenvalue weighted by Gasteiger charge is -2.31. The minimum Gasteiger partial charge on any atom is -0.372 e. The highest BCUT2D eigenvalue weighted by Gasteiger charge is 2.27. The van der Waals surface area contributed by atoms with Crippen molar-refractivity contribution in [1.82, 2.24) is 4.90 Å². The zero-order valence-corrected chi connectivity index (χ0v) is 10.2. The van der Waals surface area contributed by atoms with Crippen molar-refractivity contribution in [3.8, 4) is 0 Å². The Balaban J connectivity index is 2.57. The van der Waals surface area contributed by atoms with Gasteiger partial charge in [-0.1, -0.05) is 34.3 Å². The molecule has 1 aliphatic heterocycles. The summed E-state index contributed by atoms with van der Waals surface area (Å²) in [4.78, 5) is 2.55. The van der Waals surface area contributed by atoms with Gasteiger partial charge in [-0.25, -0.2) is 0 Å². The summed E-state index contributed by atoms with van der Waals surface area (Å²) in [5, 5.41) is 0. The molecule has 0 aromatic rings. The van der Waals surface area contributed by atoms with E-state index in [1.807, 2.05) is 0 Å². The van der Waals surface area contributed by atoms with Gasteiger partial charge in [-0.15, -0.1) is 0 Å². The van der Waals surface area contributed by atoms with Crippen LogP contribution in [0.2, 0.25) is 0 Å². The third kappa shape index (κ3) is 2.52. The molecule has 0 aromatic heterocycles. The van der Waals surface area contributed by atoms with E-state index in [4.69, 9.17) is 0 Å². The van der Waals surface area contributed by atoms with Crippen LogP contribution in [-0.4, -0.2) is 17.5 Å². The van der Waals surface area contributed by atoms with E-state index >= 15 is 0 Å². The van der Waals surface area contributed by atoms with E-state index in [2.05, 4.69) is 39.2 Å². The standard InChI is InChI=1S/C13H25N/c1-6-13(9-10(2)3)14-8-7-11(4)12(14)5/h10-11,13H,5-9H2,1-4H3. The summed E-state index contributed by atoms with van der Waals surface area (Å²) in [5.74, 6) is 1.50. The second kappa shape index (κ2) is 4.86. The zero-order chi connectivity index (χ0) is 10.7. The first-order valence-electron chi connectivity index (χ1n) is 6.01. The van der Waals surface area contributed by atoms with Crippen LogP contribution in [0.25, 0.3) is 0 Å². The number of hydrogen-bond donors (Lipinski definition) is 0. The van der Waals surface area contributed by atoms with Gasteiger partial charge < -0.3 is 4.90 Å². The van der Waals surface area contributed by atoms with Crippen molar-refractivity contribution in [3.05, 3.63) is 12.3 Å². The molecule has 1 fully saturated rings. The second-order valence-electron chi connectivity index (χ2n) is 5.07. The summed E-state index contributed by atoms with van der Waals surface area (Å²) >= 11 is 0. The largest absolute Gasteiger partial charge is 0.372 e. The molecule has 0 bridgehead atoms. The number of allylic oxidation sites excluding steroid dienone is 1. The van der Waals surface area contributed by atoms with Gasteiger partial charge in [0.15, 0.2) is 0 Å². The highest BCUT2D eigenvalue weighted by atomic mass is 15.2. The smallest absolute Gasteiger partial charge is 0.0286 e. The first-order valence-corrected chi connectivity index (χ1v) is 6.01. The Morgan fingerprint density at radius 2 is 2.14 bits per heavy atom. The fourth-order valence-corrected chi connectivity index (χ4v) is 2.40. The van der Waals surface area contributed by atoms with E-state index in [1.165, 1.54) is 31.5 Å². The van der Waals surface area contributed by atoms with Crippen LogP contribution in [0.15, 0.2) is 12.3 Å². The average Bonchev–Trinajstić information content (AvgIpc) is 2.44. The zero-order valence-electron chi connectivity index (χ0n) is 10.2. The lowest BCUT2D eigenvalue weighted by molar-refractivity contribution is 0.241. The molecule has 1 heterocycles. The summed E-state index contributed by atoms with van der Waals surface area (Å²) in [7, 11) is 0. The molecule has 14 heavy (non-hydrogen) atoms. The van der Waals surface area contributed by atoms with Crippen molar-refractivity contribution in [2.24, 2.45) is 11.8 Å². The normalized spacial score (nSPS) is 24.8. The van der Waals surface area contributed by atoms with Crippen LogP contribution in [0.1, 0.15) is 47.0 Å². The predicted octanol–water partition coefficient (Wildman–Crippen LogP) is 3.67. The lowest BCUT2D eigenvalue weighted by atomic mass is 10.00. The van der Waals surface area contributed by atoms with E-state index in [1.54, 1.807) is 0 Å². The summed E-state index contributed by atoms with van der Waals surface area (Å²) in [6, 6.07) is 0.729. The van der Waals surface area contributed by atoms with Crippen molar-refractivity contribution in [3.63, 3.8) is 0 Å². The highest BCUT2D eigenvalue weighted by molar-refractivity contribution is 5.06. The van der Waals surface area contributed by atoms with Crippen molar-refractivity contribution in [1.29, 1.82) is 0 Å². The Morgan fingerprint density at radius 1 is 1.50 bits per heavy atom. The Hall–Kier alpha value is -0.460. The van der Waals surface area contributed by atoms with Crippen LogP contribution in [-0.2, 0) is 0 Å². The maximum atomic E-state index is 4.22. The van der Waals surface area contributed by atoms with Crippen LogP contribution in [0, 0.1) is 11.8 Å². The van der Waals surface area contributed by atoms with E-state index in [-0.39, 0.29) is 0 Å². The molecule has 1 saturated heterocycles. The van der Waals surface area contributed by atoms with Crippen molar-refractivity contribution in [2.45, 2.75) is 53.0 Å². The van der Waals surface area contributed by atoms with Crippen LogP contribution in [0.3, 0.4) is 0 Å². The van der Waals surface area contributed by atoms with Gasteiger partial charge in [0.1, 0.15) is 0 Å². The minimum absolute atomic E-state index is 0.705. The molecular formula is C13H25N. The number of nitrogens with zero attached hydrogens (tertiary/aromatic N) is 1. The summed E-state index contributed by atoms with van der Waals surface area (Å²) in [5.41, 5.74) is 1.37. The van der Waals surface area contributed by atoms with Gasteiger partial charge in [0, 0.05) is 18.3 Å². The molecule has 1 heteroatoms. The fourth-order valence-electron chi connectivity index (χ4n) is 2.40. The lowest BCUT2D eigenvalue weighted by Crippen LogP contribution is -2.32. The minimum atomic E-state index is 0.705. The highest BCUT2D eigenvalue weighted by Crippen LogP contribution is 2.30. The number of hydrogen-bond acceptors (Lipinski definition) is 1. The average molecular weight is 195 g/mol. The van der Waals surface area contributed by atoms with Crippen LogP contribution < -0.4 is 0 Å². The quantitative estimate of drug-likeness (QED) is 0.661. The van der Waals surface area contributed by atoms with Gasteiger partial charge >= 0.3 is 0 Å². The molecule has 0 aromatic carbocycles. The predicted molar refractivity (Wildman–Crippen MR) is 63.2 cm³/mol. The number of rotatable bonds is 4. The number of likely N-dealkylation sites (tertiary alicyclic amines) is 1. The van der Waals surface area contributed by atoms with E-state index in [0.29, 0.717) is 5.92 Å².